The van der Waals surface area contributed by atoms with Crippen LogP contribution in [-0.2, 0) is 29.0 Å². The van der Waals surface area contributed by atoms with Crippen LogP contribution in [0.4, 0.5) is 18.7 Å². The molecule has 0 bridgehead atoms. The number of hydrazine groups is 1. The molecular formula is C15H16F2N4O3S. The van der Waals surface area contributed by atoms with Gasteiger partial charge >= 0.3 is 6.09 Å². The van der Waals surface area contributed by atoms with Crippen LogP contribution in [0.15, 0.2) is 17.5 Å². The summed E-state index contributed by atoms with van der Waals surface area (Å²) in [7, 11) is 0. The molecule has 0 radical (unpaired) electrons. The number of ether oxygens (including phenoxy) is 1. The van der Waals surface area contributed by atoms with E-state index in [2.05, 4.69) is 15.0 Å². The predicted molar refractivity (Wildman–Crippen MR) is 87.7 cm³/mol. The molecule has 134 valence electrons. The number of aryl methyl sites for hydroxylation is 2. The molecule has 1 aromatic carbocycles. The molecule has 0 spiro atoms. The van der Waals surface area contributed by atoms with Crippen LogP contribution in [0.2, 0.25) is 0 Å². The Bertz CT molecular complexity index is 782. The molecule has 2 aromatic rings. The molecule has 25 heavy (non-hydrogen) atoms. The van der Waals surface area contributed by atoms with E-state index in [1.807, 2.05) is 0 Å². The summed E-state index contributed by atoms with van der Waals surface area (Å²) >= 11 is 1.26. The molecule has 10 heteroatoms. The van der Waals surface area contributed by atoms with Crippen molar-refractivity contribution in [3.63, 3.8) is 0 Å². The first-order valence-corrected chi connectivity index (χ1v) is 8.09. The molecule has 4 N–H and O–H groups in total. The highest BCUT2D eigenvalue weighted by atomic mass is 32.1. The van der Waals surface area contributed by atoms with E-state index >= 15 is 0 Å². The van der Waals surface area contributed by atoms with Crippen LogP contribution in [0.25, 0.3) is 0 Å². The standard InChI is InChI=1S/C15H16F2N4O3S/c1-8(22)19-14-20-11(7-25-14)5-4-9-2-3-10(13(17)12(9)16)6-24-15(23)21-18/h2-3,7H,4-6,18H2,1H3,(H,21,23)(H,19,20,22). The molecule has 0 fully saturated rings. The number of hydrogen-bond donors (Lipinski definition) is 3. The smallest absolute Gasteiger partial charge is 0.421 e. The van der Waals surface area contributed by atoms with E-state index in [4.69, 9.17) is 5.84 Å². The van der Waals surface area contributed by atoms with Crippen LogP contribution in [0.1, 0.15) is 23.7 Å². The van der Waals surface area contributed by atoms with E-state index in [0.717, 1.165) is 0 Å². The molecule has 2 rings (SSSR count). The van der Waals surface area contributed by atoms with Crippen LogP contribution in [0, 0.1) is 11.6 Å². The number of carbonyl (C=O) groups is 2. The molecular weight excluding hydrogens is 354 g/mol. The van der Waals surface area contributed by atoms with Crippen LogP contribution in [-0.4, -0.2) is 17.0 Å². The van der Waals surface area contributed by atoms with Crippen molar-refractivity contribution in [3.05, 3.63) is 46.0 Å². The fraction of sp³-hybridized carbons (Fsp3) is 0.267. The first kappa shape index (κ1) is 18.7. The van der Waals surface area contributed by atoms with E-state index in [9.17, 15) is 18.4 Å². The second-order valence-electron chi connectivity index (χ2n) is 5.06. The molecule has 2 amide bonds. The summed E-state index contributed by atoms with van der Waals surface area (Å²) in [6.45, 7) is 0.944. The lowest BCUT2D eigenvalue weighted by molar-refractivity contribution is -0.114. The Hall–Kier alpha value is -2.59. The minimum atomic E-state index is -1.07. The van der Waals surface area contributed by atoms with E-state index < -0.39 is 24.3 Å². The van der Waals surface area contributed by atoms with Crippen LogP contribution in [0.5, 0.6) is 0 Å². The van der Waals surface area contributed by atoms with Crippen molar-refractivity contribution < 1.29 is 23.1 Å². The SMILES string of the molecule is CC(=O)Nc1nc(CCc2ccc(COC(=O)NN)c(F)c2F)cs1. The second kappa shape index (κ2) is 8.49. The molecule has 0 atom stereocenters. The number of thiazole rings is 1. The number of hydrogen-bond acceptors (Lipinski definition) is 6. The summed E-state index contributed by atoms with van der Waals surface area (Å²) in [5.74, 6) is 2.54. The van der Waals surface area contributed by atoms with Crippen molar-refractivity contribution in [1.29, 1.82) is 0 Å². The monoisotopic (exact) mass is 370 g/mol. The molecule has 1 heterocycles. The Morgan fingerprint density at radius 2 is 1.92 bits per heavy atom. The summed E-state index contributed by atoms with van der Waals surface area (Å²) in [4.78, 5) is 26.0. The summed E-state index contributed by atoms with van der Waals surface area (Å²) in [5, 5.41) is 4.76. The third kappa shape index (κ3) is 5.19. The number of rotatable bonds is 6. The van der Waals surface area contributed by atoms with Gasteiger partial charge in [0.05, 0.1) is 5.69 Å². The van der Waals surface area contributed by atoms with Gasteiger partial charge in [-0.1, -0.05) is 12.1 Å². The molecule has 0 aliphatic heterocycles. The molecule has 0 saturated heterocycles. The molecule has 0 aliphatic carbocycles. The Labute approximate surface area is 146 Å². The fourth-order valence-electron chi connectivity index (χ4n) is 2.01. The predicted octanol–water partition coefficient (Wildman–Crippen LogP) is 2.26. The van der Waals surface area contributed by atoms with Crippen molar-refractivity contribution in [3.8, 4) is 0 Å². The number of benzene rings is 1. The van der Waals surface area contributed by atoms with Gasteiger partial charge in [0.1, 0.15) is 6.61 Å². The number of amides is 2. The van der Waals surface area contributed by atoms with Gasteiger partial charge in [0.15, 0.2) is 16.8 Å². The van der Waals surface area contributed by atoms with Crippen molar-refractivity contribution in [2.24, 2.45) is 5.84 Å². The zero-order valence-corrected chi connectivity index (χ0v) is 14.1. The van der Waals surface area contributed by atoms with Crippen LogP contribution >= 0.6 is 11.3 Å². The summed E-state index contributed by atoms with van der Waals surface area (Å²) < 4.78 is 32.7. The maximum absolute atomic E-state index is 14.1. The summed E-state index contributed by atoms with van der Waals surface area (Å²) in [6, 6.07) is 2.78. The third-order valence-electron chi connectivity index (χ3n) is 3.20. The second-order valence-corrected chi connectivity index (χ2v) is 5.92. The minimum absolute atomic E-state index is 0.0912. The minimum Gasteiger partial charge on any atom is -0.444 e. The van der Waals surface area contributed by atoms with Crippen molar-refractivity contribution in [2.45, 2.75) is 26.4 Å². The van der Waals surface area contributed by atoms with Crippen molar-refractivity contribution in [2.75, 3.05) is 5.32 Å². The fourth-order valence-corrected chi connectivity index (χ4v) is 2.80. The Balaban J connectivity index is 2.00. The van der Waals surface area contributed by atoms with Crippen LogP contribution < -0.4 is 16.6 Å². The Morgan fingerprint density at radius 3 is 2.60 bits per heavy atom. The highest BCUT2D eigenvalue weighted by Gasteiger charge is 2.15. The van der Waals surface area contributed by atoms with Crippen molar-refractivity contribution in [1.82, 2.24) is 10.4 Å². The van der Waals surface area contributed by atoms with E-state index in [1.165, 1.54) is 30.4 Å². The highest BCUT2D eigenvalue weighted by molar-refractivity contribution is 7.13. The Morgan fingerprint density at radius 1 is 1.24 bits per heavy atom. The van der Waals surface area contributed by atoms with Crippen molar-refractivity contribution >= 4 is 28.5 Å². The Kier molecular flexibility index (Phi) is 6.37. The van der Waals surface area contributed by atoms with Gasteiger partial charge in [-0.2, -0.15) is 0 Å². The van der Waals surface area contributed by atoms with E-state index in [-0.39, 0.29) is 23.5 Å². The number of carbonyl (C=O) groups excluding carboxylic acids is 2. The van der Waals surface area contributed by atoms with E-state index in [1.54, 1.807) is 10.8 Å². The summed E-state index contributed by atoms with van der Waals surface area (Å²) in [5.41, 5.74) is 2.48. The molecule has 1 aromatic heterocycles. The lowest BCUT2D eigenvalue weighted by atomic mass is 10.0. The normalized spacial score (nSPS) is 10.4. The number of anilines is 1. The average molecular weight is 370 g/mol. The van der Waals surface area contributed by atoms with Gasteiger partial charge < -0.3 is 10.1 Å². The quantitative estimate of drug-likeness (QED) is 0.411. The lowest BCUT2D eigenvalue weighted by Crippen LogP contribution is -2.30. The van der Waals surface area contributed by atoms with Gasteiger partial charge in [-0.3, -0.25) is 10.2 Å². The first-order valence-electron chi connectivity index (χ1n) is 7.21. The maximum atomic E-state index is 14.1. The maximum Gasteiger partial charge on any atom is 0.421 e. The van der Waals surface area contributed by atoms with Gasteiger partial charge in [0, 0.05) is 17.9 Å². The van der Waals surface area contributed by atoms with Gasteiger partial charge in [-0.05, 0) is 18.4 Å². The number of halogens is 2. The van der Waals surface area contributed by atoms with Gasteiger partial charge in [0.2, 0.25) is 5.91 Å². The number of nitrogens with two attached hydrogens (primary N) is 1. The molecule has 0 saturated carbocycles. The van der Waals surface area contributed by atoms with Gasteiger partial charge in [-0.15, -0.1) is 11.3 Å². The summed E-state index contributed by atoms with van der Waals surface area (Å²) in [6.07, 6.45) is -0.323. The largest absolute Gasteiger partial charge is 0.444 e. The lowest BCUT2D eigenvalue weighted by Gasteiger charge is -2.09. The molecule has 7 nitrogen and oxygen atoms in total. The number of nitrogens with one attached hydrogen (secondary N) is 2. The number of aromatic nitrogens is 1. The number of nitrogens with zero attached hydrogens (tertiary/aromatic N) is 1. The highest BCUT2D eigenvalue weighted by Crippen LogP contribution is 2.21. The topological polar surface area (TPSA) is 106 Å². The molecule has 0 unspecified atom stereocenters. The molecule has 0 aliphatic rings. The van der Waals surface area contributed by atoms with Gasteiger partial charge in [-0.25, -0.2) is 24.4 Å². The zero-order chi connectivity index (χ0) is 18.4. The average Bonchev–Trinajstić information content (AvgIpc) is 3.01. The van der Waals surface area contributed by atoms with Crippen LogP contribution in [0.3, 0.4) is 0 Å². The van der Waals surface area contributed by atoms with Gasteiger partial charge in [0.25, 0.3) is 0 Å². The third-order valence-corrected chi connectivity index (χ3v) is 4.01. The zero-order valence-electron chi connectivity index (χ0n) is 13.3. The first-order chi connectivity index (χ1) is 11.9. The van der Waals surface area contributed by atoms with E-state index in [0.29, 0.717) is 17.2 Å².